The summed E-state index contributed by atoms with van der Waals surface area (Å²) in [7, 11) is 0. The Morgan fingerprint density at radius 2 is 0.947 bits per heavy atom. The van der Waals surface area contributed by atoms with Crippen LogP contribution in [0.15, 0.2) is 91.0 Å². The molecule has 4 atom stereocenters. The summed E-state index contributed by atoms with van der Waals surface area (Å²) in [6, 6.07) is 29.8. The Labute approximate surface area is 235 Å². The van der Waals surface area contributed by atoms with E-state index in [-0.39, 0.29) is 11.2 Å². The second kappa shape index (κ2) is 17.7. The van der Waals surface area contributed by atoms with Gasteiger partial charge in [0.1, 0.15) is 24.4 Å². The van der Waals surface area contributed by atoms with Gasteiger partial charge in [0.05, 0.1) is 31.0 Å². The van der Waals surface area contributed by atoms with E-state index in [1.165, 1.54) is 0 Å². The molecule has 0 amide bonds. The molecule has 0 bridgehead atoms. The van der Waals surface area contributed by atoms with Crippen molar-refractivity contribution in [1.82, 2.24) is 0 Å². The molecule has 0 spiro atoms. The monoisotopic (exact) mass is 556 g/mol. The molecule has 206 valence electrons. The minimum Gasteiger partial charge on any atom is -0.394 e. The van der Waals surface area contributed by atoms with Crippen LogP contribution >= 0.6 is 23.5 Å². The fourth-order valence-electron chi connectivity index (χ4n) is 4.10. The molecule has 3 aromatic carbocycles. The Bertz CT molecular complexity index is 987. The first-order chi connectivity index (χ1) is 18.7. The summed E-state index contributed by atoms with van der Waals surface area (Å²) in [6.07, 6.45) is -2.98. The summed E-state index contributed by atoms with van der Waals surface area (Å²) < 4.78 is 19.6. The van der Waals surface area contributed by atoms with E-state index < -0.39 is 31.0 Å². The number of aliphatic hydroxyl groups is 2. The van der Waals surface area contributed by atoms with E-state index in [1.54, 1.807) is 23.5 Å². The second-order valence-corrected chi connectivity index (χ2v) is 11.9. The van der Waals surface area contributed by atoms with Crippen LogP contribution in [0.25, 0.3) is 0 Å². The average Bonchev–Trinajstić information content (AvgIpc) is 2.97. The average molecular weight is 557 g/mol. The van der Waals surface area contributed by atoms with Gasteiger partial charge in [-0.25, -0.2) is 0 Å². The van der Waals surface area contributed by atoms with Gasteiger partial charge in [0.15, 0.2) is 0 Å². The highest BCUT2D eigenvalue weighted by molar-refractivity contribution is 8.17. The third-order valence-electron chi connectivity index (χ3n) is 6.00. The van der Waals surface area contributed by atoms with Crippen molar-refractivity contribution >= 4 is 23.5 Å². The minimum atomic E-state index is -1.14. The zero-order valence-electron chi connectivity index (χ0n) is 22.2. The first kappa shape index (κ1) is 30.7. The Balaban J connectivity index is 1.94. The molecule has 0 fully saturated rings. The quantitative estimate of drug-likeness (QED) is 0.188. The summed E-state index contributed by atoms with van der Waals surface area (Å²) in [4.78, 5) is 0. The first-order valence-corrected chi connectivity index (χ1v) is 15.2. The maximum atomic E-state index is 11.0. The van der Waals surface area contributed by atoms with E-state index in [0.717, 1.165) is 28.2 Å². The van der Waals surface area contributed by atoms with Crippen molar-refractivity contribution in [2.75, 3.05) is 18.1 Å². The van der Waals surface area contributed by atoms with Gasteiger partial charge in [-0.1, -0.05) is 105 Å². The molecule has 0 saturated heterocycles. The number of ether oxygens (including phenoxy) is 3. The highest BCUT2D eigenvalue weighted by Gasteiger charge is 2.41. The minimum absolute atomic E-state index is 0.0446. The zero-order valence-corrected chi connectivity index (χ0v) is 23.9. The van der Waals surface area contributed by atoms with E-state index >= 15 is 0 Å². The highest BCUT2D eigenvalue weighted by Crippen LogP contribution is 2.34. The normalized spacial score (nSPS) is 14.8. The third-order valence-corrected chi connectivity index (χ3v) is 8.68. The fraction of sp³-hybridized carbons (Fsp3) is 0.419. The highest BCUT2D eigenvalue weighted by atomic mass is 32.2. The Hall–Kier alpha value is -1.84. The lowest BCUT2D eigenvalue weighted by Crippen LogP contribution is -2.52. The summed E-state index contributed by atoms with van der Waals surface area (Å²) in [6.45, 7) is 4.85. The van der Waals surface area contributed by atoms with Gasteiger partial charge < -0.3 is 24.4 Å². The van der Waals surface area contributed by atoms with Crippen LogP contribution in [-0.4, -0.2) is 57.3 Å². The summed E-state index contributed by atoms with van der Waals surface area (Å²) in [5.74, 6) is 1.82. The molecule has 2 N–H and O–H groups in total. The summed E-state index contributed by atoms with van der Waals surface area (Å²) in [5.41, 5.74) is 3.06. The van der Waals surface area contributed by atoms with Crippen LogP contribution in [0.3, 0.4) is 0 Å². The second-order valence-electron chi connectivity index (χ2n) is 8.81. The molecule has 7 heteroatoms. The van der Waals surface area contributed by atoms with E-state index in [4.69, 9.17) is 14.2 Å². The third kappa shape index (κ3) is 10.0. The van der Waals surface area contributed by atoms with Crippen molar-refractivity contribution in [1.29, 1.82) is 0 Å². The summed E-state index contributed by atoms with van der Waals surface area (Å²) in [5, 5.41) is 21.0. The smallest absolute Gasteiger partial charge is 0.115 e. The largest absolute Gasteiger partial charge is 0.394 e. The van der Waals surface area contributed by atoms with Crippen LogP contribution in [0.4, 0.5) is 0 Å². The number of thioether (sulfide) groups is 2. The molecule has 0 unspecified atom stereocenters. The molecular weight excluding hydrogens is 516 g/mol. The molecular formula is C31H40O5S2. The lowest BCUT2D eigenvalue weighted by Gasteiger charge is -2.38. The van der Waals surface area contributed by atoms with Crippen LogP contribution in [-0.2, 0) is 34.0 Å². The molecule has 0 aliphatic rings. The standard InChI is InChI=1S/C31H40O5S2/c1-3-37-31(38-4-2)30(36-23-26-18-12-7-13-19-26)29(35-22-25-16-10-6-11-17-25)28(27(33)20-32)34-21-24-14-8-5-9-15-24/h5-19,27-33H,3-4,20-23H2,1-2H3/t27-,28+,29+,30-/m1/s1. The SMILES string of the molecule is CCSC(SCC)[C@H](OCc1ccccc1)[C@@H](OCc1ccccc1)[C@@H](OCc1ccccc1)[C@H](O)CO. The van der Waals surface area contributed by atoms with Crippen molar-refractivity contribution in [2.45, 2.75) is 62.7 Å². The molecule has 0 heterocycles. The van der Waals surface area contributed by atoms with Gasteiger partial charge in [0, 0.05) is 0 Å². The van der Waals surface area contributed by atoms with Crippen molar-refractivity contribution < 1.29 is 24.4 Å². The molecule has 0 aromatic heterocycles. The maximum Gasteiger partial charge on any atom is 0.115 e. The van der Waals surface area contributed by atoms with Crippen LogP contribution in [0.5, 0.6) is 0 Å². The van der Waals surface area contributed by atoms with Gasteiger partial charge in [-0.15, -0.1) is 23.5 Å². The van der Waals surface area contributed by atoms with Crippen molar-refractivity contribution in [3.63, 3.8) is 0 Å². The number of rotatable bonds is 18. The number of benzene rings is 3. The molecule has 38 heavy (non-hydrogen) atoms. The van der Waals surface area contributed by atoms with Gasteiger partial charge in [0.25, 0.3) is 0 Å². The lowest BCUT2D eigenvalue weighted by molar-refractivity contribution is -0.180. The summed E-state index contributed by atoms with van der Waals surface area (Å²) >= 11 is 3.61. The predicted molar refractivity (Wildman–Crippen MR) is 158 cm³/mol. The Morgan fingerprint density at radius 1 is 0.579 bits per heavy atom. The first-order valence-electron chi connectivity index (χ1n) is 13.1. The van der Waals surface area contributed by atoms with Crippen LogP contribution in [0.2, 0.25) is 0 Å². The molecule has 5 nitrogen and oxygen atoms in total. The molecule has 3 aromatic rings. The molecule has 3 rings (SSSR count). The van der Waals surface area contributed by atoms with Crippen molar-refractivity contribution in [3.05, 3.63) is 108 Å². The number of hydrogen-bond acceptors (Lipinski definition) is 7. The van der Waals surface area contributed by atoms with Gasteiger partial charge in [0.2, 0.25) is 0 Å². The van der Waals surface area contributed by atoms with Crippen molar-refractivity contribution in [2.24, 2.45) is 0 Å². The molecule has 0 aliphatic carbocycles. The van der Waals surface area contributed by atoms with Crippen molar-refractivity contribution in [3.8, 4) is 0 Å². The van der Waals surface area contributed by atoms with Gasteiger partial charge >= 0.3 is 0 Å². The van der Waals surface area contributed by atoms with E-state index in [0.29, 0.717) is 13.2 Å². The van der Waals surface area contributed by atoms with Crippen LogP contribution in [0, 0.1) is 0 Å². The van der Waals surface area contributed by atoms with E-state index in [1.807, 2.05) is 91.0 Å². The van der Waals surface area contributed by atoms with Crippen LogP contribution < -0.4 is 0 Å². The zero-order chi connectivity index (χ0) is 27.0. The Morgan fingerprint density at radius 3 is 1.32 bits per heavy atom. The van der Waals surface area contributed by atoms with E-state index in [2.05, 4.69) is 13.8 Å². The molecule has 0 saturated carbocycles. The fourth-order valence-corrected chi connectivity index (χ4v) is 6.80. The predicted octanol–water partition coefficient (Wildman–Crippen LogP) is 5.93. The van der Waals surface area contributed by atoms with Gasteiger partial charge in [-0.3, -0.25) is 0 Å². The Kier molecular flexibility index (Phi) is 14.3. The topological polar surface area (TPSA) is 68.2 Å². The maximum absolute atomic E-state index is 11.0. The number of aliphatic hydroxyl groups excluding tert-OH is 2. The van der Waals surface area contributed by atoms with Gasteiger partial charge in [-0.05, 0) is 28.2 Å². The van der Waals surface area contributed by atoms with Gasteiger partial charge in [-0.2, -0.15) is 0 Å². The van der Waals surface area contributed by atoms with Crippen LogP contribution in [0.1, 0.15) is 30.5 Å². The molecule has 0 radical (unpaired) electrons. The molecule has 0 aliphatic heterocycles. The van der Waals surface area contributed by atoms with E-state index in [9.17, 15) is 10.2 Å². The lowest BCUT2D eigenvalue weighted by atomic mass is 10.0. The number of hydrogen-bond donors (Lipinski definition) is 2.